The van der Waals surface area contributed by atoms with Crippen LogP contribution in [0.1, 0.15) is 5.56 Å². The van der Waals surface area contributed by atoms with Gasteiger partial charge < -0.3 is 5.73 Å². The van der Waals surface area contributed by atoms with E-state index in [1.54, 1.807) is 35.5 Å². The van der Waals surface area contributed by atoms with Gasteiger partial charge in [-0.05, 0) is 19.1 Å². The Hall–Kier alpha value is -1.40. The highest BCUT2D eigenvalue weighted by Crippen LogP contribution is 2.13. The van der Waals surface area contributed by atoms with Crippen LogP contribution in [0.3, 0.4) is 0 Å². The molecular weight excluding hydrogens is 238 g/mol. The van der Waals surface area contributed by atoms with E-state index in [2.05, 4.69) is 5.10 Å². The lowest BCUT2D eigenvalue weighted by Crippen LogP contribution is -2.48. The van der Waals surface area contributed by atoms with Crippen LogP contribution in [-0.2, 0) is 9.84 Å². The monoisotopic (exact) mass is 253 g/mol. The molecule has 0 spiro atoms. The van der Waals surface area contributed by atoms with Crippen molar-refractivity contribution in [1.82, 2.24) is 5.01 Å². The summed E-state index contributed by atoms with van der Waals surface area (Å²) in [6, 6.07) is 6.84. The summed E-state index contributed by atoms with van der Waals surface area (Å²) in [5.74, 6) is 0.0289. The third-order valence-corrected chi connectivity index (χ3v) is 4.39. The van der Waals surface area contributed by atoms with E-state index in [4.69, 9.17) is 5.73 Å². The van der Waals surface area contributed by atoms with Crippen molar-refractivity contribution in [3.8, 4) is 0 Å². The molecule has 1 aliphatic rings. The van der Waals surface area contributed by atoms with Gasteiger partial charge in [-0.1, -0.05) is 17.7 Å². The van der Waals surface area contributed by atoms with Gasteiger partial charge in [-0.2, -0.15) is 5.10 Å². The molecule has 1 aromatic rings. The zero-order valence-corrected chi connectivity index (χ0v) is 10.4. The second kappa shape index (κ2) is 4.46. The topological polar surface area (TPSA) is 75.8 Å². The van der Waals surface area contributed by atoms with Crippen molar-refractivity contribution < 1.29 is 8.42 Å². The highest BCUT2D eigenvalue weighted by molar-refractivity contribution is 7.91. The molecule has 2 N–H and O–H groups in total. The van der Waals surface area contributed by atoms with E-state index in [0.29, 0.717) is 11.4 Å². The molecule has 17 heavy (non-hydrogen) atoms. The number of hydrazone groups is 1. The summed E-state index contributed by atoms with van der Waals surface area (Å²) in [4.78, 5) is 0.348. The van der Waals surface area contributed by atoms with Crippen LogP contribution >= 0.6 is 0 Å². The Labute approximate surface area is 101 Å². The van der Waals surface area contributed by atoms with Crippen molar-refractivity contribution in [3.05, 3.63) is 29.8 Å². The molecule has 0 amide bonds. The van der Waals surface area contributed by atoms with Crippen LogP contribution in [0.15, 0.2) is 34.3 Å². The first-order valence-electron chi connectivity index (χ1n) is 5.35. The van der Waals surface area contributed by atoms with Gasteiger partial charge in [-0.15, -0.1) is 0 Å². The first-order valence-corrected chi connectivity index (χ1v) is 7.00. The molecule has 6 heteroatoms. The maximum Gasteiger partial charge on any atom is 0.180 e. The minimum Gasteiger partial charge on any atom is -0.305 e. The van der Waals surface area contributed by atoms with Crippen molar-refractivity contribution in [2.45, 2.75) is 18.0 Å². The maximum absolute atomic E-state index is 12.0. The summed E-state index contributed by atoms with van der Waals surface area (Å²) in [6.45, 7) is 2.25. The number of rotatable bonds is 4. The summed E-state index contributed by atoms with van der Waals surface area (Å²) in [7, 11) is -3.24. The van der Waals surface area contributed by atoms with Gasteiger partial charge in [0.1, 0.15) is 6.17 Å². The standard InChI is InChI=1S/C11H15N3O2S/c1-9-2-4-10(5-3-9)17(15,16)7-6-14-11(12)8-13-14/h2-5,8,11H,6-7,12H2,1H3. The van der Waals surface area contributed by atoms with Crippen molar-refractivity contribution in [1.29, 1.82) is 0 Å². The molecule has 0 bridgehead atoms. The van der Waals surface area contributed by atoms with E-state index >= 15 is 0 Å². The molecule has 0 radical (unpaired) electrons. The van der Waals surface area contributed by atoms with Gasteiger partial charge in [-0.3, -0.25) is 5.01 Å². The lowest BCUT2D eigenvalue weighted by Gasteiger charge is -2.29. The highest BCUT2D eigenvalue weighted by Gasteiger charge is 2.21. The fraction of sp³-hybridized carbons (Fsp3) is 0.364. The fourth-order valence-electron chi connectivity index (χ4n) is 1.52. The summed E-state index contributed by atoms with van der Waals surface area (Å²) >= 11 is 0. The van der Waals surface area contributed by atoms with Crippen LogP contribution in [0.25, 0.3) is 0 Å². The lowest BCUT2D eigenvalue weighted by molar-refractivity contribution is 0.237. The van der Waals surface area contributed by atoms with Gasteiger partial charge in [0.15, 0.2) is 9.84 Å². The van der Waals surface area contributed by atoms with Crippen molar-refractivity contribution in [2.75, 3.05) is 12.3 Å². The minimum absolute atomic E-state index is 0.0289. The number of nitrogens with zero attached hydrogens (tertiary/aromatic N) is 2. The Bertz CT molecular complexity index is 522. The largest absolute Gasteiger partial charge is 0.305 e. The van der Waals surface area contributed by atoms with E-state index < -0.39 is 9.84 Å². The van der Waals surface area contributed by atoms with Crippen LogP contribution in [-0.4, -0.2) is 38.1 Å². The van der Waals surface area contributed by atoms with Gasteiger partial charge in [0.2, 0.25) is 0 Å². The molecule has 1 aromatic carbocycles. The Morgan fingerprint density at radius 2 is 2.00 bits per heavy atom. The first-order chi connectivity index (χ1) is 7.99. The first kappa shape index (κ1) is 12.1. The SMILES string of the molecule is Cc1ccc(S(=O)(=O)CCN2N=CC2N)cc1. The summed E-state index contributed by atoms with van der Waals surface area (Å²) in [5.41, 5.74) is 6.63. The summed E-state index contributed by atoms with van der Waals surface area (Å²) < 4.78 is 24.0. The van der Waals surface area contributed by atoms with Gasteiger partial charge in [0.25, 0.3) is 0 Å². The van der Waals surface area contributed by atoms with E-state index in [1.165, 1.54) is 0 Å². The number of nitrogens with two attached hydrogens (primary N) is 1. The molecule has 1 heterocycles. The molecule has 0 fully saturated rings. The molecule has 92 valence electrons. The lowest BCUT2D eigenvalue weighted by atomic mass is 10.2. The highest BCUT2D eigenvalue weighted by atomic mass is 32.2. The van der Waals surface area contributed by atoms with Crippen molar-refractivity contribution in [2.24, 2.45) is 10.8 Å². The van der Waals surface area contributed by atoms with E-state index in [0.717, 1.165) is 5.56 Å². The maximum atomic E-state index is 12.0. The molecular formula is C11H15N3O2S. The molecule has 0 aliphatic carbocycles. The third kappa shape index (κ3) is 2.65. The van der Waals surface area contributed by atoms with Crippen molar-refractivity contribution in [3.63, 3.8) is 0 Å². The van der Waals surface area contributed by atoms with E-state index in [-0.39, 0.29) is 11.9 Å². The van der Waals surface area contributed by atoms with Crippen LogP contribution in [0.2, 0.25) is 0 Å². The van der Waals surface area contributed by atoms with Gasteiger partial charge in [0, 0.05) is 0 Å². The number of benzene rings is 1. The molecule has 0 aromatic heterocycles. The van der Waals surface area contributed by atoms with Gasteiger partial charge in [0.05, 0.1) is 23.4 Å². The molecule has 2 rings (SSSR count). The second-order valence-electron chi connectivity index (χ2n) is 4.05. The normalized spacial score (nSPS) is 19.2. The van der Waals surface area contributed by atoms with Crippen LogP contribution < -0.4 is 5.73 Å². The Morgan fingerprint density at radius 1 is 1.35 bits per heavy atom. The quantitative estimate of drug-likeness (QED) is 0.840. The van der Waals surface area contributed by atoms with E-state index in [9.17, 15) is 8.42 Å². The number of hydrogen-bond acceptors (Lipinski definition) is 5. The third-order valence-electron chi connectivity index (χ3n) is 2.68. The van der Waals surface area contributed by atoms with Gasteiger partial charge >= 0.3 is 0 Å². The van der Waals surface area contributed by atoms with Gasteiger partial charge in [-0.25, -0.2) is 8.42 Å². The molecule has 0 saturated carbocycles. The number of sulfone groups is 1. The average molecular weight is 253 g/mol. The average Bonchev–Trinajstić information content (AvgIpc) is 2.27. The van der Waals surface area contributed by atoms with Crippen molar-refractivity contribution >= 4 is 16.1 Å². The fourth-order valence-corrected chi connectivity index (χ4v) is 2.74. The van der Waals surface area contributed by atoms with E-state index in [1.807, 2.05) is 6.92 Å². The molecule has 1 atom stereocenters. The minimum atomic E-state index is -3.24. The van der Waals surface area contributed by atoms with Crippen LogP contribution in [0.5, 0.6) is 0 Å². The van der Waals surface area contributed by atoms with Crippen LogP contribution in [0.4, 0.5) is 0 Å². The number of hydrogen-bond donors (Lipinski definition) is 1. The zero-order valence-electron chi connectivity index (χ0n) is 9.57. The molecule has 5 nitrogen and oxygen atoms in total. The predicted octanol–water partition coefficient (Wildman–Crippen LogP) is 0.355. The van der Waals surface area contributed by atoms with Crippen LogP contribution in [0, 0.1) is 6.92 Å². The second-order valence-corrected chi connectivity index (χ2v) is 6.16. The predicted molar refractivity (Wildman–Crippen MR) is 66.4 cm³/mol. The Balaban J connectivity index is 2.03. The number of aryl methyl sites for hydroxylation is 1. The molecule has 1 aliphatic heterocycles. The summed E-state index contributed by atoms with van der Waals surface area (Å²) in [6.07, 6.45) is 1.33. The Kier molecular flexibility index (Phi) is 3.17. The smallest absolute Gasteiger partial charge is 0.180 e. The zero-order chi connectivity index (χ0) is 12.5. The summed E-state index contributed by atoms with van der Waals surface area (Å²) in [5, 5.41) is 5.44. The molecule has 1 unspecified atom stereocenters. The Morgan fingerprint density at radius 3 is 2.47 bits per heavy atom. The molecule has 0 saturated heterocycles.